The molecule has 1 amide bonds. The first-order valence-electron chi connectivity index (χ1n) is 7.40. The Morgan fingerprint density at radius 3 is 2.00 bits per heavy atom. The lowest BCUT2D eigenvalue weighted by atomic mass is 9.79. The molecule has 0 unspecified atom stereocenters. The number of likely N-dealkylation sites (tertiary alicyclic amines) is 1. The molecule has 1 aliphatic heterocycles. The highest BCUT2D eigenvalue weighted by Crippen LogP contribution is 2.48. The molecule has 0 radical (unpaired) electrons. The number of amides is 1. The molecule has 1 fully saturated rings. The molecule has 1 saturated heterocycles. The lowest BCUT2D eigenvalue weighted by molar-refractivity contribution is -0.226. The smallest absolute Gasteiger partial charge is 0.322 e. The number of carbonyl (C=O) groups excluding carboxylic acids is 1. The quantitative estimate of drug-likeness (QED) is 0.772. The average molecular weight is 319 g/mol. The molecule has 2 nitrogen and oxygen atoms in total. The molecule has 1 heterocycles. The van der Waals surface area contributed by atoms with Crippen LogP contribution in [0.1, 0.15) is 30.0 Å². The largest absolute Gasteiger partial charge is 0.409 e. The van der Waals surface area contributed by atoms with Crippen LogP contribution >= 0.6 is 0 Å². The van der Waals surface area contributed by atoms with Gasteiger partial charge in [0.05, 0.1) is 12.0 Å². The van der Waals surface area contributed by atoms with E-state index in [4.69, 9.17) is 0 Å². The molecular formula is C18H16F3NO. The SMILES string of the molecule is C[C@H](c1ccccc1)N1C(=O)[C@H](c2ccccc2)[C@H]1C(F)(F)F. The van der Waals surface area contributed by atoms with Gasteiger partial charge in [-0.15, -0.1) is 0 Å². The number of halogens is 3. The summed E-state index contributed by atoms with van der Waals surface area (Å²) in [4.78, 5) is 13.4. The van der Waals surface area contributed by atoms with Crippen molar-refractivity contribution in [3.05, 3.63) is 71.8 Å². The summed E-state index contributed by atoms with van der Waals surface area (Å²) in [6.07, 6.45) is -4.46. The van der Waals surface area contributed by atoms with Gasteiger partial charge in [-0.25, -0.2) is 0 Å². The van der Waals surface area contributed by atoms with Gasteiger partial charge in [0.25, 0.3) is 0 Å². The van der Waals surface area contributed by atoms with Crippen molar-refractivity contribution in [2.75, 3.05) is 0 Å². The van der Waals surface area contributed by atoms with Gasteiger partial charge in [0, 0.05) is 0 Å². The van der Waals surface area contributed by atoms with E-state index in [2.05, 4.69) is 0 Å². The highest BCUT2D eigenvalue weighted by Gasteiger charge is 2.62. The highest BCUT2D eigenvalue weighted by atomic mass is 19.4. The first kappa shape index (κ1) is 15.6. The summed E-state index contributed by atoms with van der Waals surface area (Å²) in [6, 6.07) is 14.6. The van der Waals surface area contributed by atoms with E-state index in [9.17, 15) is 18.0 Å². The van der Waals surface area contributed by atoms with E-state index < -0.39 is 30.1 Å². The molecule has 1 aliphatic rings. The van der Waals surface area contributed by atoms with E-state index in [-0.39, 0.29) is 0 Å². The second-order valence-corrected chi connectivity index (χ2v) is 5.71. The zero-order chi connectivity index (χ0) is 16.6. The molecule has 5 heteroatoms. The van der Waals surface area contributed by atoms with Gasteiger partial charge in [-0.2, -0.15) is 13.2 Å². The zero-order valence-electron chi connectivity index (χ0n) is 12.5. The van der Waals surface area contributed by atoms with Gasteiger partial charge in [-0.3, -0.25) is 4.79 Å². The monoisotopic (exact) mass is 319 g/mol. The predicted octanol–water partition coefficient (Wildman–Crippen LogP) is 4.30. The van der Waals surface area contributed by atoms with E-state index >= 15 is 0 Å². The summed E-state index contributed by atoms with van der Waals surface area (Å²) < 4.78 is 40.6. The minimum Gasteiger partial charge on any atom is -0.322 e. The van der Waals surface area contributed by atoms with Crippen molar-refractivity contribution < 1.29 is 18.0 Å². The van der Waals surface area contributed by atoms with Crippen molar-refractivity contribution in [1.29, 1.82) is 0 Å². The standard InChI is InChI=1S/C18H16F3NO/c1-12(13-8-4-2-5-9-13)22-16(18(19,20)21)15(17(22)23)14-10-6-3-7-11-14/h2-12,15-16H,1H3/t12-,15-,16+/m1/s1. The Hall–Kier alpha value is -2.30. The summed E-state index contributed by atoms with van der Waals surface area (Å²) in [5, 5.41) is 0. The maximum absolute atomic E-state index is 13.5. The molecule has 23 heavy (non-hydrogen) atoms. The van der Waals surface area contributed by atoms with Gasteiger partial charge in [-0.1, -0.05) is 60.7 Å². The van der Waals surface area contributed by atoms with Gasteiger partial charge >= 0.3 is 6.18 Å². The van der Waals surface area contributed by atoms with Gasteiger partial charge < -0.3 is 4.90 Å². The molecule has 2 aromatic rings. The van der Waals surface area contributed by atoms with Crippen molar-refractivity contribution in [2.24, 2.45) is 0 Å². The Morgan fingerprint density at radius 1 is 0.957 bits per heavy atom. The summed E-state index contributed by atoms with van der Waals surface area (Å²) in [7, 11) is 0. The highest BCUT2D eigenvalue weighted by molar-refractivity contribution is 5.91. The molecular weight excluding hydrogens is 303 g/mol. The fraction of sp³-hybridized carbons (Fsp3) is 0.278. The lowest BCUT2D eigenvalue weighted by Gasteiger charge is -2.50. The van der Waals surface area contributed by atoms with Gasteiger partial charge in [0.2, 0.25) is 5.91 Å². The fourth-order valence-corrected chi connectivity index (χ4v) is 3.17. The molecule has 0 aliphatic carbocycles. The van der Waals surface area contributed by atoms with Crippen LogP contribution in [0.3, 0.4) is 0 Å². The van der Waals surface area contributed by atoms with Crippen molar-refractivity contribution in [3.8, 4) is 0 Å². The Labute approximate surface area is 132 Å². The van der Waals surface area contributed by atoms with Crippen molar-refractivity contribution in [1.82, 2.24) is 4.90 Å². The second kappa shape index (κ2) is 5.72. The zero-order valence-corrected chi connectivity index (χ0v) is 12.5. The summed E-state index contributed by atoms with van der Waals surface area (Å²) in [5.74, 6) is -1.63. The van der Waals surface area contributed by atoms with Crippen LogP contribution < -0.4 is 0 Å². The summed E-state index contributed by atoms with van der Waals surface area (Å²) in [5.41, 5.74) is 1.11. The summed E-state index contributed by atoms with van der Waals surface area (Å²) >= 11 is 0. The van der Waals surface area contributed by atoms with Crippen LogP contribution in [0.2, 0.25) is 0 Å². The number of benzene rings is 2. The third kappa shape index (κ3) is 2.71. The molecule has 120 valence electrons. The minimum absolute atomic E-state index is 0.413. The number of rotatable bonds is 3. The van der Waals surface area contributed by atoms with Crippen molar-refractivity contribution in [2.45, 2.75) is 31.1 Å². The fourth-order valence-electron chi connectivity index (χ4n) is 3.17. The average Bonchev–Trinajstić information content (AvgIpc) is 2.53. The number of alkyl halides is 3. The van der Waals surface area contributed by atoms with Crippen LogP contribution in [0.4, 0.5) is 13.2 Å². The molecule has 0 bridgehead atoms. The second-order valence-electron chi connectivity index (χ2n) is 5.71. The molecule has 3 atom stereocenters. The summed E-state index contributed by atoms with van der Waals surface area (Å²) in [6.45, 7) is 1.63. The van der Waals surface area contributed by atoms with Gasteiger partial charge in [0.1, 0.15) is 6.04 Å². The van der Waals surface area contributed by atoms with E-state index in [0.717, 1.165) is 4.90 Å². The molecule has 2 aromatic carbocycles. The first-order valence-corrected chi connectivity index (χ1v) is 7.40. The number of nitrogens with zero attached hydrogens (tertiary/aromatic N) is 1. The van der Waals surface area contributed by atoms with Crippen LogP contribution in [0.5, 0.6) is 0 Å². The topological polar surface area (TPSA) is 20.3 Å². The van der Waals surface area contributed by atoms with Crippen LogP contribution in [0, 0.1) is 0 Å². The Balaban J connectivity index is 1.94. The van der Waals surface area contributed by atoms with E-state index in [1.807, 2.05) is 0 Å². The molecule has 0 N–H and O–H groups in total. The predicted molar refractivity (Wildman–Crippen MR) is 80.7 cm³/mol. The van der Waals surface area contributed by atoms with E-state index in [1.165, 1.54) is 0 Å². The van der Waals surface area contributed by atoms with E-state index in [1.54, 1.807) is 67.6 Å². The van der Waals surface area contributed by atoms with Crippen LogP contribution in [-0.2, 0) is 4.79 Å². The van der Waals surface area contributed by atoms with Crippen molar-refractivity contribution in [3.63, 3.8) is 0 Å². The minimum atomic E-state index is -4.46. The Morgan fingerprint density at radius 2 is 1.48 bits per heavy atom. The van der Waals surface area contributed by atoms with Crippen LogP contribution in [0.25, 0.3) is 0 Å². The number of carbonyl (C=O) groups is 1. The normalized spacial score (nSPS) is 22.6. The Kier molecular flexibility index (Phi) is 3.88. The lowest BCUT2D eigenvalue weighted by Crippen LogP contribution is -2.65. The van der Waals surface area contributed by atoms with Gasteiger partial charge in [0.15, 0.2) is 0 Å². The number of hydrogen-bond acceptors (Lipinski definition) is 1. The van der Waals surface area contributed by atoms with E-state index in [0.29, 0.717) is 11.1 Å². The van der Waals surface area contributed by atoms with Crippen LogP contribution in [-0.4, -0.2) is 23.0 Å². The third-order valence-electron chi connectivity index (χ3n) is 4.33. The number of β-lactam (4-membered cyclic amide) rings is 1. The van der Waals surface area contributed by atoms with Crippen LogP contribution in [0.15, 0.2) is 60.7 Å². The maximum atomic E-state index is 13.5. The molecule has 3 rings (SSSR count). The molecule has 0 aromatic heterocycles. The Bertz CT molecular complexity index is 684. The maximum Gasteiger partial charge on any atom is 0.409 e. The number of hydrogen-bond donors (Lipinski definition) is 0. The molecule has 0 spiro atoms. The third-order valence-corrected chi connectivity index (χ3v) is 4.33. The first-order chi connectivity index (χ1) is 10.9. The molecule has 0 saturated carbocycles. The van der Waals surface area contributed by atoms with Gasteiger partial charge in [-0.05, 0) is 18.1 Å². The van der Waals surface area contributed by atoms with Crippen molar-refractivity contribution >= 4 is 5.91 Å².